The molecule has 2 heterocycles. The van der Waals surface area contributed by atoms with Crippen molar-refractivity contribution >= 4 is 11.3 Å². The van der Waals surface area contributed by atoms with E-state index in [1.54, 1.807) is 0 Å². The van der Waals surface area contributed by atoms with Crippen molar-refractivity contribution in [3.63, 3.8) is 0 Å². The van der Waals surface area contributed by atoms with E-state index in [1.165, 1.54) is 31.1 Å². The highest BCUT2D eigenvalue weighted by Gasteiger charge is 2.20. The topological polar surface area (TPSA) is 18.5 Å². The Hall–Kier alpha value is -0.420. The molecule has 0 spiro atoms. The summed E-state index contributed by atoms with van der Waals surface area (Å²) < 4.78 is 0. The summed E-state index contributed by atoms with van der Waals surface area (Å²) in [7, 11) is 2.22. The number of piperazine rings is 1. The molecule has 18 heavy (non-hydrogen) atoms. The van der Waals surface area contributed by atoms with Gasteiger partial charge in [-0.15, -0.1) is 11.3 Å². The average molecular weight is 267 g/mol. The lowest BCUT2D eigenvalue weighted by molar-refractivity contribution is 0.101. The van der Waals surface area contributed by atoms with Crippen molar-refractivity contribution in [2.24, 2.45) is 0 Å². The van der Waals surface area contributed by atoms with Crippen LogP contribution in [0.1, 0.15) is 11.8 Å². The Morgan fingerprint density at radius 2 is 2.28 bits per heavy atom. The summed E-state index contributed by atoms with van der Waals surface area (Å²) in [5.74, 6) is 0. The number of thiophene rings is 1. The number of nitrogens with zero attached hydrogens (tertiary/aromatic N) is 2. The van der Waals surface area contributed by atoms with Crippen molar-refractivity contribution < 1.29 is 0 Å². The highest BCUT2D eigenvalue weighted by Crippen LogP contribution is 2.08. The number of hydrogen-bond donors (Lipinski definition) is 1. The van der Waals surface area contributed by atoms with Crippen LogP contribution in [0.15, 0.2) is 17.5 Å². The fourth-order valence-electron chi connectivity index (χ4n) is 2.52. The van der Waals surface area contributed by atoms with Gasteiger partial charge in [0.25, 0.3) is 0 Å². The van der Waals surface area contributed by atoms with Gasteiger partial charge in [0.1, 0.15) is 0 Å². The minimum atomic E-state index is 0.697. The standard InChI is InChI=1S/C14H25N3S/c1-13-12-16(2)9-10-17(13)8-7-15-6-5-14-4-3-11-18-14/h3-4,11,13,15H,5-10,12H2,1-2H3. The number of rotatable bonds is 6. The van der Waals surface area contributed by atoms with Gasteiger partial charge in [0.15, 0.2) is 0 Å². The Bertz CT molecular complexity index is 326. The molecule has 1 aromatic heterocycles. The minimum absolute atomic E-state index is 0.697. The molecular formula is C14H25N3S. The van der Waals surface area contributed by atoms with Crippen molar-refractivity contribution in [3.8, 4) is 0 Å². The molecule has 1 N–H and O–H groups in total. The molecule has 2 rings (SSSR count). The molecule has 1 atom stereocenters. The second-order valence-corrected chi connectivity index (χ2v) is 6.26. The predicted octanol–water partition coefficient (Wildman–Crippen LogP) is 1.52. The van der Waals surface area contributed by atoms with E-state index in [1.807, 2.05) is 11.3 Å². The Morgan fingerprint density at radius 3 is 3.00 bits per heavy atom. The molecule has 1 aliphatic heterocycles. The molecule has 3 nitrogen and oxygen atoms in total. The van der Waals surface area contributed by atoms with Crippen LogP contribution in [0, 0.1) is 0 Å². The highest BCUT2D eigenvalue weighted by molar-refractivity contribution is 7.09. The summed E-state index contributed by atoms with van der Waals surface area (Å²) in [6.45, 7) is 9.35. The van der Waals surface area contributed by atoms with Crippen LogP contribution < -0.4 is 5.32 Å². The van der Waals surface area contributed by atoms with E-state index in [9.17, 15) is 0 Å². The van der Waals surface area contributed by atoms with E-state index in [4.69, 9.17) is 0 Å². The lowest BCUT2D eigenvalue weighted by Crippen LogP contribution is -2.52. The summed E-state index contributed by atoms with van der Waals surface area (Å²) in [4.78, 5) is 6.50. The molecule has 1 saturated heterocycles. The molecule has 0 amide bonds. The van der Waals surface area contributed by atoms with Gasteiger partial charge in [0.05, 0.1) is 0 Å². The number of nitrogens with one attached hydrogen (secondary N) is 1. The van der Waals surface area contributed by atoms with Crippen molar-refractivity contribution in [3.05, 3.63) is 22.4 Å². The molecule has 0 radical (unpaired) electrons. The predicted molar refractivity (Wildman–Crippen MR) is 79.4 cm³/mol. The molecule has 1 aliphatic rings. The van der Waals surface area contributed by atoms with Gasteiger partial charge in [-0.05, 0) is 31.8 Å². The maximum Gasteiger partial charge on any atom is 0.0195 e. The van der Waals surface area contributed by atoms with Crippen LogP contribution in [-0.4, -0.2) is 62.2 Å². The first kappa shape index (κ1) is 14.0. The average Bonchev–Trinajstić information content (AvgIpc) is 2.84. The van der Waals surface area contributed by atoms with Crippen LogP contribution in [0.3, 0.4) is 0 Å². The lowest BCUT2D eigenvalue weighted by atomic mass is 10.2. The third kappa shape index (κ3) is 4.35. The third-order valence-electron chi connectivity index (χ3n) is 3.67. The zero-order valence-electron chi connectivity index (χ0n) is 11.6. The first-order valence-electron chi connectivity index (χ1n) is 6.91. The zero-order valence-corrected chi connectivity index (χ0v) is 12.4. The molecule has 1 fully saturated rings. The SMILES string of the molecule is CC1CN(C)CCN1CCNCCc1cccs1. The first-order valence-corrected chi connectivity index (χ1v) is 7.79. The largest absolute Gasteiger partial charge is 0.315 e. The number of hydrogen-bond acceptors (Lipinski definition) is 4. The second-order valence-electron chi connectivity index (χ2n) is 5.23. The van der Waals surface area contributed by atoms with Crippen LogP contribution in [0.4, 0.5) is 0 Å². The van der Waals surface area contributed by atoms with Gasteiger partial charge in [-0.2, -0.15) is 0 Å². The summed E-state index contributed by atoms with van der Waals surface area (Å²) in [6, 6.07) is 5.05. The summed E-state index contributed by atoms with van der Waals surface area (Å²) >= 11 is 1.85. The summed E-state index contributed by atoms with van der Waals surface area (Å²) in [5, 5.41) is 5.71. The fraction of sp³-hybridized carbons (Fsp3) is 0.714. The normalized spacial score (nSPS) is 22.4. The number of likely N-dealkylation sites (N-methyl/N-ethyl adjacent to an activating group) is 1. The van der Waals surface area contributed by atoms with E-state index in [-0.39, 0.29) is 0 Å². The van der Waals surface area contributed by atoms with E-state index in [0.29, 0.717) is 6.04 Å². The minimum Gasteiger partial charge on any atom is -0.315 e. The summed E-state index contributed by atoms with van der Waals surface area (Å²) in [5.41, 5.74) is 0. The van der Waals surface area contributed by atoms with Crippen molar-refractivity contribution in [2.45, 2.75) is 19.4 Å². The maximum absolute atomic E-state index is 3.55. The van der Waals surface area contributed by atoms with Gasteiger partial charge in [-0.25, -0.2) is 0 Å². The van der Waals surface area contributed by atoms with E-state index < -0.39 is 0 Å². The lowest BCUT2D eigenvalue weighted by Gasteiger charge is -2.38. The fourth-order valence-corrected chi connectivity index (χ4v) is 3.23. The van der Waals surface area contributed by atoms with E-state index in [2.05, 4.69) is 46.6 Å². The molecule has 1 aromatic rings. The zero-order chi connectivity index (χ0) is 12.8. The van der Waals surface area contributed by atoms with Crippen molar-refractivity contribution in [2.75, 3.05) is 46.3 Å². The summed E-state index contributed by atoms with van der Waals surface area (Å²) in [6.07, 6.45) is 1.16. The molecule has 102 valence electrons. The van der Waals surface area contributed by atoms with E-state index >= 15 is 0 Å². The quantitative estimate of drug-likeness (QED) is 0.788. The molecule has 4 heteroatoms. The van der Waals surface area contributed by atoms with Crippen LogP contribution in [-0.2, 0) is 6.42 Å². The molecule has 1 unspecified atom stereocenters. The van der Waals surface area contributed by atoms with Crippen molar-refractivity contribution in [1.29, 1.82) is 0 Å². The van der Waals surface area contributed by atoms with Crippen LogP contribution >= 0.6 is 11.3 Å². The highest BCUT2D eigenvalue weighted by atomic mass is 32.1. The maximum atomic E-state index is 3.55. The van der Waals surface area contributed by atoms with E-state index in [0.717, 1.165) is 19.5 Å². The monoisotopic (exact) mass is 267 g/mol. The smallest absolute Gasteiger partial charge is 0.0195 e. The first-order chi connectivity index (χ1) is 8.75. The van der Waals surface area contributed by atoms with Crippen LogP contribution in [0.5, 0.6) is 0 Å². The molecule has 0 aromatic carbocycles. The molecule has 0 aliphatic carbocycles. The molecular weight excluding hydrogens is 242 g/mol. The molecule has 0 saturated carbocycles. The van der Waals surface area contributed by atoms with Gasteiger partial charge >= 0.3 is 0 Å². The van der Waals surface area contributed by atoms with Crippen LogP contribution in [0.2, 0.25) is 0 Å². The van der Waals surface area contributed by atoms with Gasteiger partial charge in [-0.1, -0.05) is 6.07 Å². The Kier molecular flexibility index (Phi) is 5.63. The van der Waals surface area contributed by atoms with Gasteiger partial charge in [0, 0.05) is 50.2 Å². The van der Waals surface area contributed by atoms with Gasteiger partial charge < -0.3 is 10.2 Å². The molecule has 0 bridgehead atoms. The van der Waals surface area contributed by atoms with Gasteiger partial charge in [0.2, 0.25) is 0 Å². The van der Waals surface area contributed by atoms with Gasteiger partial charge in [-0.3, -0.25) is 4.90 Å². The van der Waals surface area contributed by atoms with Crippen molar-refractivity contribution in [1.82, 2.24) is 15.1 Å². The Labute approximate surface area is 115 Å². The van der Waals surface area contributed by atoms with Crippen LogP contribution in [0.25, 0.3) is 0 Å². The Balaban J connectivity index is 1.55. The third-order valence-corrected chi connectivity index (χ3v) is 4.61. The Morgan fingerprint density at radius 1 is 1.39 bits per heavy atom. The second kappa shape index (κ2) is 7.24.